The lowest BCUT2D eigenvalue weighted by Gasteiger charge is -2.06. The maximum absolute atomic E-state index is 10.0. The molecule has 0 aromatic heterocycles. The Hall–Kier alpha value is -0.730. The number of nitrogens with one attached hydrogen (secondary N) is 1. The average molecular weight is 142 g/mol. The van der Waals surface area contributed by atoms with Crippen LogP contribution in [0.15, 0.2) is 0 Å². The Morgan fingerprint density at radius 2 is 2.10 bits per heavy atom. The summed E-state index contributed by atoms with van der Waals surface area (Å²) < 4.78 is 4.55. The van der Waals surface area contributed by atoms with Crippen LogP contribution in [0.1, 0.15) is 25.7 Å². The largest absolute Gasteiger partial charge is 0.448 e. The van der Waals surface area contributed by atoms with Crippen molar-refractivity contribution in [1.29, 1.82) is 0 Å². The van der Waals surface area contributed by atoms with E-state index in [4.69, 9.17) is 5.73 Å². The Morgan fingerprint density at radius 3 is 2.60 bits per heavy atom. The van der Waals surface area contributed by atoms with Crippen molar-refractivity contribution in [2.75, 3.05) is 6.61 Å². The van der Waals surface area contributed by atoms with E-state index in [9.17, 15) is 4.79 Å². The second-order valence-corrected chi connectivity index (χ2v) is 2.75. The first-order valence-electron chi connectivity index (χ1n) is 3.67. The number of hydrogen-bond donors (Lipinski definition) is 0. The third-order valence-corrected chi connectivity index (χ3v) is 1.92. The van der Waals surface area contributed by atoms with Crippen molar-refractivity contribution in [2.45, 2.75) is 25.7 Å². The zero-order valence-electron chi connectivity index (χ0n) is 5.93. The molecular formula is C7H12NO2. The lowest BCUT2D eigenvalue weighted by atomic mass is 10.1. The van der Waals surface area contributed by atoms with Crippen LogP contribution in [0.5, 0.6) is 0 Å². The van der Waals surface area contributed by atoms with Gasteiger partial charge in [0.2, 0.25) is 0 Å². The van der Waals surface area contributed by atoms with E-state index in [2.05, 4.69) is 4.74 Å². The van der Waals surface area contributed by atoms with Crippen molar-refractivity contribution in [3.05, 3.63) is 0 Å². The van der Waals surface area contributed by atoms with Crippen molar-refractivity contribution in [1.82, 2.24) is 5.73 Å². The Balaban J connectivity index is 2.07. The molecule has 0 atom stereocenters. The highest BCUT2D eigenvalue weighted by molar-refractivity contribution is 5.63. The van der Waals surface area contributed by atoms with E-state index in [1.54, 1.807) is 0 Å². The molecule has 57 valence electrons. The molecule has 0 aromatic carbocycles. The summed E-state index contributed by atoms with van der Waals surface area (Å²) in [4.78, 5) is 10.0. The minimum atomic E-state index is -0.896. The molecule has 1 fully saturated rings. The Kier molecular flexibility index (Phi) is 2.54. The minimum absolute atomic E-state index is 0.461. The average Bonchev–Trinajstić information content (AvgIpc) is 2.34. The van der Waals surface area contributed by atoms with Gasteiger partial charge in [-0.15, -0.1) is 0 Å². The highest BCUT2D eigenvalue weighted by Gasteiger charge is 2.15. The van der Waals surface area contributed by atoms with Crippen LogP contribution in [0.3, 0.4) is 0 Å². The monoisotopic (exact) mass is 142 g/mol. The second-order valence-electron chi connectivity index (χ2n) is 2.75. The van der Waals surface area contributed by atoms with Gasteiger partial charge in [0.15, 0.2) is 0 Å². The topological polar surface area (TPSA) is 50.1 Å². The number of ether oxygens (including phenoxy) is 1. The van der Waals surface area contributed by atoms with Crippen molar-refractivity contribution in [3.63, 3.8) is 0 Å². The van der Waals surface area contributed by atoms with Gasteiger partial charge in [0, 0.05) is 0 Å². The Labute approximate surface area is 60.5 Å². The molecule has 1 rings (SSSR count). The van der Waals surface area contributed by atoms with Crippen molar-refractivity contribution in [2.24, 2.45) is 5.92 Å². The predicted octanol–water partition coefficient (Wildman–Crippen LogP) is 1.60. The fraction of sp³-hybridized carbons (Fsp3) is 0.857. The van der Waals surface area contributed by atoms with Gasteiger partial charge in [-0.25, -0.2) is 10.5 Å². The molecule has 10 heavy (non-hydrogen) atoms. The summed E-state index contributed by atoms with van der Waals surface area (Å²) >= 11 is 0. The summed E-state index contributed by atoms with van der Waals surface area (Å²) in [6.45, 7) is 0.461. The van der Waals surface area contributed by atoms with E-state index in [0.29, 0.717) is 12.5 Å². The highest BCUT2D eigenvalue weighted by atomic mass is 16.5. The first kappa shape index (κ1) is 7.38. The van der Waals surface area contributed by atoms with Gasteiger partial charge in [0.1, 0.15) is 0 Å². The maximum Gasteiger partial charge on any atom is 0.426 e. The van der Waals surface area contributed by atoms with Crippen LogP contribution < -0.4 is 5.73 Å². The first-order valence-corrected chi connectivity index (χ1v) is 3.67. The molecule has 1 N–H and O–H groups in total. The molecule has 0 unspecified atom stereocenters. The quantitative estimate of drug-likeness (QED) is 0.588. The molecule has 1 saturated carbocycles. The van der Waals surface area contributed by atoms with Crippen LogP contribution in [-0.2, 0) is 4.74 Å². The van der Waals surface area contributed by atoms with E-state index in [1.165, 1.54) is 12.8 Å². The van der Waals surface area contributed by atoms with E-state index in [1.807, 2.05) is 0 Å². The zero-order valence-corrected chi connectivity index (χ0v) is 5.93. The van der Waals surface area contributed by atoms with Crippen LogP contribution >= 0.6 is 0 Å². The molecule has 0 aliphatic heterocycles. The smallest absolute Gasteiger partial charge is 0.426 e. The minimum Gasteiger partial charge on any atom is -0.448 e. The highest BCUT2D eigenvalue weighted by Crippen LogP contribution is 2.24. The molecule has 0 spiro atoms. The summed E-state index contributed by atoms with van der Waals surface area (Å²) in [7, 11) is 0. The molecule has 0 aromatic rings. The van der Waals surface area contributed by atoms with Gasteiger partial charge in [-0.3, -0.25) is 0 Å². The summed E-state index contributed by atoms with van der Waals surface area (Å²) in [6.07, 6.45) is 3.92. The standard InChI is InChI=1S/C7H12NO2/c8-7(9)10-5-6-3-1-2-4-6/h6,8H,1-5H2. The zero-order chi connectivity index (χ0) is 7.40. The van der Waals surface area contributed by atoms with Crippen LogP contribution in [0, 0.1) is 5.92 Å². The molecule has 1 aliphatic rings. The van der Waals surface area contributed by atoms with Gasteiger partial charge in [0.25, 0.3) is 0 Å². The predicted molar refractivity (Wildman–Crippen MR) is 36.4 cm³/mol. The van der Waals surface area contributed by atoms with Gasteiger partial charge in [-0.2, -0.15) is 0 Å². The third-order valence-electron chi connectivity index (χ3n) is 1.92. The second kappa shape index (κ2) is 3.44. The van der Waals surface area contributed by atoms with Gasteiger partial charge in [0.05, 0.1) is 6.61 Å². The fourth-order valence-corrected chi connectivity index (χ4v) is 1.37. The summed E-state index contributed by atoms with van der Waals surface area (Å²) in [6, 6.07) is 0. The SMILES string of the molecule is [NH]C(=O)OCC1CCCC1. The normalized spacial score (nSPS) is 19.2. The van der Waals surface area contributed by atoms with Crippen molar-refractivity contribution < 1.29 is 9.53 Å². The molecule has 1 amide bonds. The number of rotatable bonds is 2. The summed E-state index contributed by atoms with van der Waals surface area (Å²) in [5.74, 6) is 0.536. The molecule has 1 aliphatic carbocycles. The van der Waals surface area contributed by atoms with Crippen molar-refractivity contribution in [3.8, 4) is 0 Å². The van der Waals surface area contributed by atoms with E-state index in [-0.39, 0.29) is 0 Å². The molecule has 0 heterocycles. The molecular weight excluding hydrogens is 130 g/mol. The van der Waals surface area contributed by atoms with Crippen LogP contribution in [0.4, 0.5) is 4.79 Å². The number of amides is 1. The van der Waals surface area contributed by atoms with Gasteiger partial charge >= 0.3 is 6.09 Å². The van der Waals surface area contributed by atoms with E-state index >= 15 is 0 Å². The number of carbonyl (C=O) groups excluding carboxylic acids is 1. The lowest BCUT2D eigenvalue weighted by molar-refractivity contribution is 0.135. The molecule has 3 heteroatoms. The first-order chi connectivity index (χ1) is 4.79. The molecule has 0 saturated heterocycles. The number of hydrogen-bond acceptors (Lipinski definition) is 2. The van der Waals surface area contributed by atoms with E-state index < -0.39 is 6.09 Å². The summed E-state index contributed by atoms with van der Waals surface area (Å²) in [5, 5.41) is 0. The van der Waals surface area contributed by atoms with Crippen molar-refractivity contribution >= 4 is 6.09 Å². The Bertz CT molecular complexity index is 119. The third kappa shape index (κ3) is 2.25. The summed E-state index contributed by atoms with van der Waals surface area (Å²) in [5.41, 5.74) is 6.48. The van der Waals surface area contributed by atoms with Gasteiger partial charge < -0.3 is 4.74 Å². The molecule has 0 bridgehead atoms. The number of carbonyl (C=O) groups is 1. The van der Waals surface area contributed by atoms with E-state index in [0.717, 1.165) is 12.8 Å². The Morgan fingerprint density at radius 1 is 1.50 bits per heavy atom. The lowest BCUT2D eigenvalue weighted by Crippen LogP contribution is -2.10. The molecule has 1 radical (unpaired) electrons. The van der Waals surface area contributed by atoms with Crippen LogP contribution in [0.2, 0.25) is 0 Å². The fourth-order valence-electron chi connectivity index (χ4n) is 1.37. The van der Waals surface area contributed by atoms with Crippen LogP contribution in [-0.4, -0.2) is 12.7 Å². The maximum atomic E-state index is 10.0. The van der Waals surface area contributed by atoms with Gasteiger partial charge in [-0.1, -0.05) is 12.8 Å². The van der Waals surface area contributed by atoms with Crippen LogP contribution in [0.25, 0.3) is 0 Å². The van der Waals surface area contributed by atoms with Gasteiger partial charge in [-0.05, 0) is 18.8 Å². The molecule has 3 nitrogen and oxygen atoms in total.